The summed E-state index contributed by atoms with van der Waals surface area (Å²) in [6, 6.07) is 3.89. The second-order valence-corrected chi connectivity index (χ2v) is 8.20. The smallest absolute Gasteiger partial charge is 0.126 e. The van der Waals surface area contributed by atoms with Crippen LogP contribution in [0, 0.1) is 29.4 Å². The molecule has 1 fully saturated rings. The van der Waals surface area contributed by atoms with Crippen LogP contribution in [0.5, 0.6) is 0 Å². The first kappa shape index (κ1) is 18.6. The highest BCUT2D eigenvalue weighted by molar-refractivity contribution is 5.66. The predicted octanol–water partition coefficient (Wildman–Crippen LogP) is 7.54. The van der Waals surface area contributed by atoms with Crippen molar-refractivity contribution in [1.82, 2.24) is 0 Å². The molecule has 0 aromatic heterocycles. The number of allylic oxidation sites excluding steroid dienone is 2. The third-order valence-corrected chi connectivity index (χ3v) is 6.46. The lowest BCUT2D eigenvalue weighted by Gasteiger charge is -2.35. The van der Waals surface area contributed by atoms with E-state index in [9.17, 15) is 8.78 Å². The molecule has 0 N–H and O–H groups in total. The lowest BCUT2D eigenvalue weighted by molar-refractivity contribution is 0.187. The van der Waals surface area contributed by atoms with Gasteiger partial charge in [0.1, 0.15) is 11.6 Å². The third-order valence-electron chi connectivity index (χ3n) is 6.46. The fraction of sp³-hybridized carbons (Fsp3) is 0.652. The SMILES string of the molecule is CCCCCC1CCC(C2CC=C(c3cc(F)cc(F)c3)CC2)CC1. The van der Waals surface area contributed by atoms with Crippen LogP contribution < -0.4 is 0 Å². The second-order valence-electron chi connectivity index (χ2n) is 8.20. The number of rotatable bonds is 6. The lowest BCUT2D eigenvalue weighted by Crippen LogP contribution is -2.23. The summed E-state index contributed by atoms with van der Waals surface area (Å²) in [6.07, 6.45) is 16.6. The van der Waals surface area contributed by atoms with Crippen molar-refractivity contribution < 1.29 is 8.78 Å². The van der Waals surface area contributed by atoms with Gasteiger partial charge in [0.25, 0.3) is 0 Å². The molecule has 0 bridgehead atoms. The summed E-state index contributed by atoms with van der Waals surface area (Å²) in [5, 5.41) is 0. The van der Waals surface area contributed by atoms with Gasteiger partial charge in [-0.05, 0) is 73.1 Å². The van der Waals surface area contributed by atoms with Crippen molar-refractivity contribution >= 4 is 5.57 Å². The molecule has 2 aliphatic carbocycles. The monoisotopic (exact) mass is 346 g/mol. The molecule has 138 valence electrons. The van der Waals surface area contributed by atoms with Gasteiger partial charge in [-0.15, -0.1) is 0 Å². The van der Waals surface area contributed by atoms with Gasteiger partial charge in [0, 0.05) is 6.07 Å². The molecule has 1 saturated carbocycles. The van der Waals surface area contributed by atoms with Crippen molar-refractivity contribution in [3.05, 3.63) is 41.5 Å². The van der Waals surface area contributed by atoms with E-state index >= 15 is 0 Å². The van der Waals surface area contributed by atoms with Gasteiger partial charge < -0.3 is 0 Å². The van der Waals surface area contributed by atoms with Crippen LogP contribution in [-0.2, 0) is 0 Å². The van der Waals surface area contributed by atoms with Crippen LogP contribution in [0.15, 0.2) is 24.3 Å². The Balaban J connectivity index is 1.50. The Morgan fingerprint density at radius 2 is 1.60 bits per heavy atom. The minimum absolute atomic E-state index is 0.473. The summed E-state index contributed by atoms with van der Waals surface area (Å²) >= 11 is 0. The van der Waals surface area contributed by atoms with Gasteiger partial charge in [-0.1, -0.05) is 51.5 Å². The summed E-state index contributed by atoms with van der Waals surface area (Å²) in [4.78, 5) is 0. The van der Waals surface area contributed by atoms with E-state index in [1.54, 1.807) is 0 Å². The minimum atomic E-state index is -0.473. The van der Waals surface area contributed by atoms with Gasteiger partial charge in [-0.2, -0.15) is 0 Å². The largest absolute Gasteiger partial charge is 0.207 e. The number of hydrogen-bond donors (Lipinski definition) is 0. The van der Waals surface area contributed by atoms with Crippen LogP contribution in [-0.4, -0.2) is 0 Å². The van der Waals surface area contributed by atoms with Crippen LogP contribution in [0.4, 0.5) is 8.78 Å². The maximum absolute atomic E-state index is 13.4. The van der Waals surface area contributed by atoms with E-state index in [1.807, 2.05) is 0 Å². The molecule has 3 rings (SSSR count). The zero-order chi connectivity index (χ0) is 17.6. The Bertz CT molecular complexity index is 562. The van der Waals surface area contributed by atoms with E-state index in [0.29, 0.717) is 0 Å². The van der Waals surface area contributed by atoms with Crippen LogP contribution in [0.1, 0.15) is 83.1 Å². The first-order chi connectivity index (χ1) is 12.2. The van der Waals surface area contributed by atoms with Gasteiger partial charge >= 0.3 is 0 Å². The molecule has 0 aliphatic heterocycles. The highest BCUT2D eigenvalue weighted by atomic mass is 19.1. The van der Waals surface area contributed by atoms with Crippen LogP contribution in [0.25, 0.3) is 5.57 Å². The quantitative estimate of drug-likeness (QED) is 0.467. The number of halogens is 2. The van der Waals surface area contributed by atoms with E-state index < -0.39 is 11.6 Å². The molecule has 0 amide bonds. The molecular formula is C23H32F2. The molecule has 2 heteroatoms. The van der Waals surface area contributed by atoms with E-state index in [0.717, 1.165) is 47.8 Å². The predicted molar refractivity (Wildman–Crippen MR) is 101 cm³/mol. The van der Waals surface area contributed by atoms with Crippen molar-refractivity contribution in [3.63, 3.8) is 0 Å². The van der Waals surface area contributed by atoms with Crippen molar-refractivity contribution in [1.29, 1.82) is 0 Å². The molecule has 1 unspecified atom stereocenters. The van der Waals surface area contributed by atoms with Gasteiger partial charge in [0.05, 0.1) is 0 Å². The van der Waals surface area contributed by atoms with E-state index in [2.05, 4.69) is 13.0 Å². The molecule has 1 aromatic carbocycles. The molecule has 1 atom stereocenters. The molecule has 0 spiro atoms. The van der Waals surface area contributed by atoms with Gasteiger partial charge in [-0.3, -0.25) is 0 Å². The summed E-state index contributed by atoms with van der Waals surface area (Å²) in [5.74, 6) is 1.66. The molecule has 0 radical (unpaired) electrons. The van der Waals surface area contributed by atoms with Gasteiger partial charge in [-0.25, -0.2) is 8.78 Å². The average molecular weight is 347 g/mol. The minimum Gasteiger partial charge on any atom is -0.207 e. The Morgan fingerprint density at radius 3 is 2.20 bits per heavy atom. The average Bonchev–Trinajstić information content (AvgIpc) is 2.62. The highest BCUT2D eigenvalue weighted by Gasteiger charge is 2.28. The molecule has 25 heavy (non-hydrogen) atoms. The van der Waals surface area contributed by atoms with Crippen molar-refractivity contribution in [2.45, 2.75) is 77.6 Å². The van der Waals surface area contributed by atoms with Crippen LogP contribution in [0.2, 0.25) is 0 Å². The zero-order valence-electron chi connectivity index (χ0n) is 15.6. The van der Waals surface area contributed by atoms with Crippen molar-refractivity contribution in [3.8, 4) is 0 Å². The standard InChI is InChI=1S/C23H32F2/c1-2-3-4-5-17-6-8-18(9-7-17)19-10-12-20(13-11-19)21-14-22(24)16-23(25)15-21/h12,14-19H,2-11,13H2,1H3. The summed E-state index contributed by atoms with van der Waals surface area (Å²) < 4.78 is 26.9. The highest BCUT2D eigenvalue weighted by Crippen LogP contribution is 2.42. The summed E-state index contributed by atoms with van der Waals surface area (Å²) in [6.45, 7) is 2.28. The Morgan fingerprint density at radius 1 is 0.880 bits per heavy atom. The van der Waals surface area contributed by atoms with E-state index in [-0.39, 0.29) is 0 Å². The zero-order valence-corrected chi connectivity index (χ0v) is 15.6. The fourth-order valence-electron chi connectivity index (χ4n) is 4.92. The molecule has 0 saturated heterocycles. The lowest BCUT2D eigenvalue weighted by atomic mass is 9.70. The molecule has 0 heterocycles. The normalized spacial score (nSPS) is 27.2. The van der Waals surface area contributed by atoms with Gasteiger partial charge in [0.2, 0.25) is 0 Å². The van der Waals surface area contributed by atoms with E-state index in [4.69, 9.17) is 0 Å². The second kappa shape index (κ2) is 8.96. The molecule has 0 nitrogen and oxygen atoms in total. The topological polar surface area (TPSA) is 0 Å². The first-order valence-corrected chi connectivity index (χ1v) is 10.3. The number of benzene rings is 1. The van der Waals surface area contributed by atoms with Crippen LogP contribution in [0.3, 0.4) is 0 Å². The Kier molecular flexibility index (Phi) is 6.67. The third kappa shape index (κ3) is 5.15. The Hall–Kier alpha value is -1.18. The maximum Gasteiger partial charge on any atom is 0.126 e. The number of unbranched alkanes of at least 4 members (excludes halogenated alkanes) is 2. The van der Waals surface area contributed by atoms with E-state index in [1.165, 1.54) is 69.9 Å². The van der Waals surface area contributed by atoms with Crippen molar-refractivity contribution in [2.75, 3.05) is 0 Å². The molecule has 1 aromatic rings. The first-order valence-electron chi connectivity index (χ1n) is 10.3. The number of hydrogen-bond acceptors (Lipinski definition) is 0. The summed E-state index contributed by atoms with van der Waals surface area (Å²) in [7, 11) is 0. The molecule has 2 aliphatic rings. The van der Waals surface area contributed by atoms with Crippen LogP contribution >= 0.6 is 0 Å². The summed E-state index contributed by atoms with van der Waals surface area (Å²) in [5.41, 5.74) is 1.86. The Labute approximate surface area is 151 Å². The van der Waals surface area contributed by atoms with Gasteiger partial charge in [0.15, 0.2) is 0 Å². The maximum atomic E-state index is 13.4. The molecular weight excluding hydrogens is 314 g/mol. The fourth-order valence-corrected chi connectivity index (χ4v) is 4.92. The van der Waals surface area contributed by atoms with Crippen molar-refractivity contribution in [2.24, 2.45) is 17.8 Å².